The Labute approximate surface area is 225 Å². The van der Waals surface area contributed by atoms with Crippen LogP contribution in [0.1, 0.15) is 52.7 Å². The predicted molar refractivity (Wildman–Crippen MR) is 150 cm³/mol. The molecule has 0 bridgehead atoms. The molecule has 0 saturated carbocycles. The molecule has 1 amide bonds. The molecule has 0 atom stereocenters. The van der Waals surface area contributed by atoms with E-state index in [-0.39, 0.29) is 15.4 Å². The summed E-state index contributed by atoms with van der Waals surface area (Å²) in [7, 11) is -7.54. The quantitative estimate of drug-likeness (QED) is 0.415. The molecule has 4 rings (SSSR count). The van der Waals surface area contributed by atoms with Crippen molar-refractivity contribution in [3.8, 4) is 0 Å². The summed E-state index contributed by atoms with van der Waals surface area (Å²) in [5.41, 5.74) is 3.43. The first-order valence-electron chi connectivity index (χ1n) is 12.6. The van der Waals surface area contributed by atoms with Gasteiger partial charge in [-0.25, -0.2) is 16.8 Å². The molecule has 1 aliphatic heterocycles. The number of rotatable bonds is 7. The summed E-state index contributed by atoms with van der Waals surface area (Å²) in [5, 5.41) is 2.75. The molecule has 0 unspecified atom stereocenters. The molecular weight excluding hydrogens is 522 g/mol. The highest BCUT2D eigenvalue weighted by molar-refractivity contribution is 7.92. The topological polar surface area (TPSA) is 113 Å². The molecule has 0 radical (unpaired) electrons. The Morgan fingerprint density at radius 3 is 1.92 bits per heavy atom. The van der Waals surface area contributed by atoms with Crippen molar-refractivity contribution < 1.29 is 21.6 Å². The highest BCUT2D eigenvalue weighted by atomic mass is 32.2. The number of hydrogen-bond donors (Lipinski definition) is 2. The Hall–Kier alpha value is -3.21. The van der Waals surface area contributed by atoms with Crippen LogP contribution in [0.4, 0.5) is 11.4 Å². The maximum atomic E-state index is 13.2. The van der Waals surface area contributed by atoms with Crippen molar-refractivity contribution >= 4 is 37.3 Å². The Balaban J connectivity index is 1.51. The van der Waals surface area contributed by atoms with Crippen molar-refractivity contribution in [3.05, 3.63) is 82.9 Å². The average molecular weight is 556 g/mol. The number of carbonyl (C=O) groups excluding carboxylic acids is 1. The molecule has 3 aromatic carbocycles. The average Bonchev–Trinajstić information content (AvgIpc) is 3.17. The SMILES string of the molecule is Cc1ccc(S(=O)(=O)N2CCCCCC2)cc1C(=O)Nc1ccc(S(=O)(=O)Nc2c(C)cccc2C)cc1. The lowest BCUT2D eigenvalue weighted by molar-refractivity contribution is 0.102. The van der Waals surface area contributed by atoms with Crippen LogP contribution in [0.2, 0.25) is 0 Å². The van der Waals surface area contributed by atoms with Crippen LogP contribution in [0.5, 0.6) is 0 Å². The summed E-state index contributed by atoms with van der Waals surface area (Å²) in [6, 6.07) is 16.0. The molecule has 202 valence electrons. The third kappa shape index (κ3) is 6.09. The third-order valence-electron chi connectivity index (χ3n) is 6.80. The Kier molecular flexibility index (Phi) is 8.25. The first kappa shape index (κ1) is 27.8. The Bertz CT molecular complexity index is 1520. The summed E-state index contributed by atoms with van der Waals surface area (Å²) in [4.78, 5) is 13.2. The molecule has 2 N–H and O–H groups in total. The number of sulfonamides is 2. The lowest BCUT2D eigenvalue weighted by Crippen LogP contribution is -2.32. The molecular formula is C28H33N3O5S2. The van der Waals surface area contributed by atoms with Gasteiger partial charge in [-0.2, -0.15) is 4.31 Å². The first-order chi connectivity index (χ1) is 18.0. The number of hydrogen-bond acceptors (Lipinski definition) is 5. The number of nitrogens with one attached hydrogen (secondary N) is 2. The summed E-state index contributed by atoms with van der Waals surface area (Å²) >= 11 is 0. The van der Waals surface area contributed by atoms with E-state index in [0.717, 1.165) is 36.8 Å². The van der Waals surface area contributed by atoms with Gasteiger partial charge in [-0.3, -0.25) is 9.52 Å². The van der Waals surface area contributed by atoms with Crippen molar-refractivity contribution in [3.63, 3.8) is 0 Å². The number of benzene rings is 3. The van der Waals surface area contributed by atoms with Gasteiger partial charge < -0.3 is 5.32 Å². The molecule has 0 aromatic heterocycles. The van der Waals surface area contributed by atoms with Crippen LogP contribution in [0, 0.1) is 20.8 Å². The zero-order valence-electron chi connectivity index (χ0n) is 21.8. The van der Waals surface area contributed by atoms with Gasteiger partial charge >= 0.3 is 0 Å². The summed E-state index contributed by atoms with van der Waals surface area (Å²) < 4.78 is 56.4. The van der Waals surface area contributed by atoms with Gasteiger partial charge in [0, 0.05) is 24.3 Å². The van der Waals surface area contributed by atoms with Crippen LogP contribution < -0.4 is 10.0 Å². The van der Waals surface area contributed by atoms with E-state index in [9.17, 15) is 21.6 Å². The minimum absolute atomic E-state index is 0.0554. The van der Waals surface area contributed by atoms with Gasteiger partial charge in [0.05, 0.1) is 15.5 Å². The molecule has 1 fully saturated rings. The van der Waals surface area contributed by atoms with Gasteiger partial charge in [-0.05, 0) is 86.7 Å². The van der Waals surface area contributed by atoms with E-state index in [1.807, 2.05) is 32.0 Å². The van der Waals surface area contributed by atoms with E-state index in [0.29, 0.717) is 30.0 Å². The van der Waals surface area contributed by atoms with Crippen LogP contribution >= 0.6 is 0 Å². The summed E-state index contributed by atoms with van der Waals surface area (Å²) in [6.45, 7) is 6.36. The van der Waals surface area contributed by atoms with Crippen molar-refractivity contribution in [2.75, 3.05) is 23.1 Å². The second-order valence-electron chi connectivity index (χ2n) is 9.65. The largest absolute Gasteiger partial charge is 0.322 e. The molecule has 0 spiro atoms. The van der Waals surface area contributed by atoms with E-state index in [4.69, 9.17) is 0 Å². The van der Waals surface area contributed by atoms with Gasteiger partial charge in [0.1, 0.15) is 0 Å². The molecule has 8 nitrogen and oxygen atoms in total. The van der Waals surface area contributed by atoms with Crippen molar-refractivity contribution in [1.29, 1.82) is 0 Å². The fourth-order valence-electron chi connectivity index (χ4n) is 4.52. The number of carbonyl (C=O) groups is 1. The molecule has 1 heterocycles. The van der Waals surface area contributed by atoms with Crippen LogP contribution in [0.25, 0.3) is 0 Å². The zero-order chi connectivity index (χ0) is 27.5. The molecule has 1 saturated heterocycles. The van der Waals surface area contributed by atoms with E-state index >= 15 is 0 Å². The Morgan fingerprint density at radius 1 is 0.737 bits per heavy atom. The number of aryl methyl sites for hydroxylation is 3. The summed E-state index contributed by atoms with van der Waals surface area (Å²) in [6.07, 6.45) is 3.67. The Morgan fingerprint density at radius 2 is 1.32 bits per heavy atom. The van der Waals surface area contributed by atoms with Crippen molar-refractivity contribution in [1.82, 2.24) is 4.31 Å². The molecule has 10 heteroatoms. The lowest BCUT2D eigenvalue weighted by Gasteiger charge is -2.20. The molecule has 38 heavy (non-hydrogen) atoms. The highest BCUT2D eigenvalue weighted by Crippen LogP contribution is 2.26. The molecule has 1 aliphatic rings. The summed E-state index contributed by atoms with van der Waals surface area (Å²) in [5.74, 6) is -0.473. The fourth-order valence-corrected chi connectivity index (χ4v) is 7.27. The standard InChI is InChI=1S/C28H33N3O5S2/c1-20-11-14-25(38(35,36)31-17-6-4-5-7-18-31)19-26(20)28(32)29-23-12-15-24(16-13-23)37(33,34)30-27-21(2)9-8-10-22(27)3/h8-16,19,30H,4-7,17-18H2,1-3H3,(H,29,32). The normalized spacial score (nSPS) is 15.0. The van der Waals surface area contributed by atoms with Crippen LogP contribution in [-0.4, -0.2) is 40.1 Å². The number of amides is 1. The van der Waals surface area contributed by atoms with Gasteiger partial charge in [-0.15, -0.1) is 0 Å². The van der Waals surface area contributed by atoms with Crippen molar-refractivity contribution in [2.24, 2.45) is 0 Å². The first-order valence-corrected chi connectivity index (χ1v) is 15.5. The van der Waals surface area contributed by atoms with Crippen LogP contribution in [0.3, 0.4) is 0 Å². The van der Waals surface area contributed by atoms with Crippen molar-refractivity contribution in [2.45, 2.75) is 56.2 Å². The van der Waals surface area contributed by atoms with E-state index < -0.39 is 26.0 Å². The molecule has 0 aliphatic carbocycles. The minimum Gasteiger partial charge on any atom is -0.322 e. The third-order valence-corrected chi connectivity index (χ3v) is 10.1. The van der Waals surface area contributed by atoms with E-state index in [1.165, 1.54) is 40.7 Å². The van der Waals surface area contributed by atoms with Gasteiger partial charge in [0.2, 0.25) is 10.0 Å². The highest BCUT2D eigenvalue weighted by Gasteiger charge is 2.26. The second kappa shape index (κ2) is 11.3. The maximum Gasteiger partial charge on any atom is 0.261 e. The van der Waals surface area contributed by atoms with E-state index in [2.05, 4.69) is 10.0 Å². The molecule has 3 aromatic rings. The minimum atomic E-state index is -3.83. The number of anilines is 2. The van der Waals surface area contributed by atoms with Gasteiger partial charge in [0.15, 0.2) is 0 Å². The predicted octanol–water partition coefficient (Wildman–Crippen LogP) is 5.23. The van der Waals surface area contributed by atoms with Crippen LogP contribution in [0.15, 0.2) is 70.5 Å². The van der Waals surface area contributed by atoms with E-state index in [1.54, 1.807) is 13.0 Å². The lowest BCUT2D eigenvalue weighted by atomic mass is 10.1. The van der Waals surface area contributed by atoms with Gasteiger partial charge in [0.25, 0.3) is 15.9 Å². The van der Waals surface area contributed by atoms with Gasteiger partial charge in [-0.1, -0.05) is 37.1 Å². The number of para-hydroxylation sites is 1. The number of nitrogens with zero attached hydrogens (tertiary/aromatic N) is 1. The monoisotopic (exact) mass is 555 g/mol. The maximum absolute atomic E-state index is 13.2. The van der Waals surface area contributed by atoms with Crippen LogP contribution in [-0.2, 0) is 20.0 Å². The fraction of sp³-hybridized carbons (Fsp3) is 0.321. The smallest absolute Gasteiger partial charge is 0.261 e. The zero-order valence-corrected chi connectivity index (χ0v) is 23.5. The second-order valence-corrected chi connectivity index (χ2v) is 13.3.